The van der Waals surface area contributed by atoms with Crippen LogP contribution in [-0.2, 0) is 11.2 Å². The van der Waals surface area contributed by atoms with Gasteiger partial charge in [-0.1, -0.05) is 28.9 Å². The van der Waals surface area contributed by atoms with Gasteiger partial charge in [0.15, 0.2) is 0 Å². The Balaban J connectivity index is 1.55. The fourth-order valence-electron chi connectivity index (χ4n) is 3.65. The van der Waals surface area contributed by atoms with Gasteiger partial charge in [-0.2, -0.15) is 4.98 Å². The molecule has 0 unspecified atom stereocenters. The van der Waals surface area contributed by atoms with Gasteiger partial charge in [0.05, 0.1) is 0 Å². The third-order valence-electron chi connectivity index (χ3n) is 5.06. The van der Waals surface area contributed by atoms with E-state index in [1.165, 1.54) is 0 Å². The molecule has 2 heterocycles. The topological polar surface area (TPSA) is 82.7 Å². The first-order chi connectivity index (χ1) is 13.0. The zero-order valence-electron chi connectivity index (χ0n) is 16.3. The largest absolute Gasteiger partial charge is 0.396 e. The molecule has 7 nitrogen and oxygen atoms in total. The highest BCUT2D eigenvalue weighted by atomic mass is 16.5. The second-order valence-corrected chi connectivity index (χ2v) is 7.64. The summed E-state index contributed by atoms with van der Waals surface area (Å²) in [7, 11) is 4.03. The predicted molar refractivity (Wildman–Crippen MR) is 102 cm³/mol. The molecule has 1 fully saturated rings. The summed E-state index contributed by atoms with van der Waals surface area (Å²) in [6.07, 6.45) is 0.762. The van der Waals surface area contributed by atoms with Crippen LogP contribution in [0.5, 0.6) is 0 Å². The minimum Gasteiger partial charge on any atom is -0.396 e. The van der Waals surface area contributed by atoms with Crippen molar-refractivity contribution in [3.63, 3.8) is 0 Å². The molecule has 1 saturated heterocycles. The molecule has 0 saturated carbocycles. The van der Waals surface area contributed by atoms with E-state index in [-0.39, 0.29) is 18.4 Å². The number of carbonyl (C=O) groups is 1. The first-order valence-electron chi connectivity index (χ1n) is 9.39. The van der Waals surface area contributed by atoms with E-state index < -0.39 is 0 Å². The Hall–Kier alpha value is -2.25. The van der Waals surface area contributed by atoms with Crippen molar-refractivity contribution in [1.82, 2.24) is 19.9 Å². The lowest BCUT2D eigenvalue weighted by molar-refractivity contribution is -0.130. The van der Waals surface area contributed by atoms with Crippen LogP contribution in [0.2, 0.25) is 0 Å². The Labute approximate surface area is 160 Å². The molecule has 27 heavy (non-hydrogen) atoms. The third kappa shape index (κ3) is 4.93. The maximum Gasteiger partial charge on any atom is 0.227 e. The smallest absolute Gasteiger partial charge is 0.227 e. The third-order valence-corrected chi connectivity index (χ3v) is 5.06. The number of aromatic nitrogens is 2. The molecular formula is C20H28N4O3. The van der Waals surface area contributed by atoms with Crippen LogP contribution in [0.4, 0.5) is 0 Å². The Morgan fingerprint density at radius 2 is 2.11 bits per heavy atom. The quantitative estimate of drug-likeness (QED) is 0.795. The molecular weight excluding hydrogens is 344 g/mol. The summed E-state index contributed by atoms with van der Waals surface area (Å²) in [5, 5.41) is 13.6. The number of aliphatic hydroxyl groups is 1. The fourth-order valence-corrected chi connectivity index (χ4v) is 3.65. The van der Waals surface area contributed by atoms with E-state index in [1.807, 2.05) is 50.2 Å². The van der Waals surface area contributed by atoms with Crippen molar-refractivity contribution in [3.8, 4) is 11.4 Å². The van der Waals surface area contributed by atoms with Crippen LogP contribution in [0.3, 0.4) is 0 Å². The number of nitrogens with zero attached hydrogens (tertiary/aromatic N) is 4. The molecule has 3 rings (SSSR count). The van der Waals surface area contributed by atoms with Crippen molar-refractivity contribution in [3.05, 3.63) is 35.7 Å². The Bertz CT molecular complexity index is 774. The monoisotopic (exact) mass is 372 g/mol. The van der Waals surface area contributed by atoms with Gasteiger partial charge >= 0.3 is 0 Å². The van der Waals surface area contributed by atoms with Crippen molar-refractivity contribution in [2.75, 3.05) is 40.3 Å². The SMILES string of the molecule is Cc1cccc(-c2noc(CCC(=O)N3C[C@@H](CN(C)C)[C@@H](CO)C3)n2)c1. The average molecular weight is 372 g/mol. The molecule has 1 amide bonds. The lowest BCUT2D eigenvalue weighted by atomic mass is 9.97. The van der Waals surface area contributed by atoms with E-state index in [2.05, 4.69) is 15.0 Å². The van der Waals surface area contributed by atoms with Crippen molar-refractivity contribution in [2.24, 2.45) is 11.8 Å². The van der Waals surface area contributed by atoms with Gasteiger partial charge in [-0.3, -0.25) is 4.79 Å². The number of benzene rings is 1. The number of likely N-dealkylation sites (tertiary alicyclic amines) is 1. The van der Waals surface area contributed by atoms with E-state index in [0.717, 1.165) is 17.7 Å². The summed E-state index contributed by atoms with van der Waals surface area (Å²) in [6.45, 7) is 4.32. The molecule has 0 spiro atoms. The second-order valence-electron chi connectivity index (χ2n) is 7.64. The average Bonchev–Trinajstić information content (AvgIpc) is 3.26. The minimum absolute atomic E-state index is 0.0741. The summed E-state index contributed by atoms with van der Waals surface area (Å²) in [5.74, 6) is 1.55. The second kappa shape index (κ2) is 8.63. The molecule has 1 N–H and O–H groups in total. The molecule has 0 bridgehead atoms. The Kier molecular flexibility index (Phi) is 6.23. The van der Waals surface area contributed by atoms with Crippen LogP contribution in [-0.4, -0.2) is 71.3 Å². The van der Waals surface area contributed by atoms with Crippen molar-refractivity contribution < 1.29 is 14.4 Å². The van der Waals surface area contributed by atoms with E-state index >= 15 is 0 Å². The molecule has 2 atom stereocenters. The molecule has 1 aliphatic rings. The lowest BCUT2D eigenvalue weighted by Gasteiger charge is -2.20. The Morgan fingerprint density at radius 1 is 1.33 bits per heavy atom. The van der Waals surface area contributed by atoms with Crippen molar-refractivity contribution in [2.45, 2.75) is 19.8 Å². The lowest BCUT2D eigenvalue weighted by Crippen LogP contribution is -2.31. The van der Waals surface area contributed by atoms with Gasteiger partial charge < -0.3 is 19.4 Å². The van der Waals surface area contributed by atoms with Gasteiger partial charge in [0, 0.05) is 50.6 Å². The highest BCUT2D eigenvalue weighted by Gasteiger charge is 2.34. The summed E-state index contributed by atoms with van der Waals surface area (Å²) < 4.78 is 5.31. The van der Waals surface area contributed by atoms with Gasteiger partial charge in [-0.15, -0.1) is 0 Å². The molecule has 146 valence electrons. The van der Waals surface area contributed by atoms with Crippen LogP contribution in [0.25, 0.3) is 11.4 Å². The van der Waals surface area contributed by atoms with Gasteiger partial charge in [-0.25, -0.2) is 0 Å². The fraction of sp³-hybridized carbons (Fsp3) is 0.550. The Morgan fingerprint density at radius 3 is 2.81 bits per heavy atom. The number of hydrogen-bond acceptors (Lipinski definition) is 6. The normalized spacial score (nSPS) is 19.8. The molecule has 7 heteroatoms. The number of amides is 1. The predicted octanol–water partition coefficient (Wildman–Crippen LogP) is 1.61. The molecule has 1 aromatic carbocycles. The zero-order chi connectivity index (χ0) is 19.4. The van der Waals surface area contributed by atoms with Gasteiger partial charge in [0.25, 0.3) is 0 Å². The molecule has 1 aliphatic heterocycles. The summed E-state index contributed by atoms with van der Waals surface area (Å²) in [5.41, 5.74) is 2.04. The summed E-state index contributed by atoms with van der Waals surface area (Å²) in [6, 6.07) is 7.92. The summed E-state index contributed by atoms with van der Waals surface area (Å²) >= 11 is 0. The standard InChI is InChI=1S/C20H28N4O3/c1-14-5-4-6-15(9-14)20-21-18(27-22-20)7-8-19(26)24-11-16(10-23(2)3)17(12-24)13-25/h4-6,9,16-17,25H,7-8,10-13H2,1-3H3/t16-,17-/m1/s1. The van der Waals surface area contributed by atoms with Crippen molar-refractivity contribution in [1.29, 1.82) is 0 Å². The number of rotatable bonds is 7. The van der Waals surface area contributed by atoms with Crippen LogP contribution in [0.1, 0.15) is 17.9 Å². The van der Waals surface area contributed by atoms with Gasteiger partial charge in [-0.05, 0) is 33.0 Å². The molecule has 2 aromatic rings. The van der Waals surface area contributed by atoms with E-state index in [4.69, 9.17) is 4.52 Å². The first kappa shape index (κ1) is 19.5. The minimum atomic E-state index is 0.0741. The zero-order valence-corrected chi connectivity index (χ0v) is 16.3. The van der Waals surface area contributed by atoms with Crippen molar-refractivity contribution >= 4 is 5.91 Å². The van der Waals surface area contributed by atoms with E-state index in [1.54, 1.807) is 0 Å². The van der Waals surface area contributed by atoms with E-state index in [9.17, 15) is 9.90 Å². The maximum atomic E-state index is 12.6. The first-order valence-corrected chi connectivity index (χ1v) is 9.39. The number of aryl methyl sites for hydroxylation is 2. The molecule has 0 radical (unpaired) electrons. The van der Waals surface area contributed by atoms with Gasteiger partial charge in [0.1, 0.15) is 0 Å². The van der Waals surface area contributed by atoms with Crippen LogP contribution in [0.15, 0.2) is 28.8 Å². The summed E-state index contributed by atoms with van der Waals surface area (Å²) in [4.78, 5) is 20.9. The molecule has 1 aromatic heterocycles. The van der Waals surface area contributed by atoms with Crippen LogP contribution >= 0.6 is 0 Å². The highest BCUT2D eigenvalue weighted by Crippen LogP contribution is 2.24. The number of aliphatic hydroxyl groups excluding tert-OH is 1. The highest BCUT2D eigenvalue weighted by molar-refractivity contribution is 5.76. The molecule has 0 aliphatic carbocycles. The number of hydrogen-bond donors (Lipinski definition) is 1. The number of carbonyl (C=O) groups excluding carboxylic acids is 1. The van der Waals surface area contributed by atoms with E-state index in [0.29, 0.717) is 43.6 Å². The van der Waals surface area contributed by atoms with Gasteiger partial charge in [0.2, 0.25) is 17.6 Å². The van der Waals surface area contributed by atoms with Crippen LogP contribution < -0.4 is 0 Å². The maximum absolute atomic E-state index is 12.6. The van der Waals surface area contributed by atoms with Crippen LogP contribution in [0, 0.1) is 18.8 Å².